The van der Waals surface area contributed by atoms with Crippen LogP contribution in [0.25, 0.3) is 16.9 Å². The van der Waals surface area contributed by atoms with E-state index in [1.54, 1.807) is 34.8 Å². The van der Waals surface area contributed by atoms with Gasteiger partial charge in [-0.25, -0.2) is 9.50 Å². The van der Waals surface area contributed by atoms with Crippen molar-refractivity contribution in [2.24, 2.45) is 0 Å². The Hall–Kier alpha value is -4.57. The summed E-state index contributed by atoms with van der Waals surface area (Å²) in [5.74, 6) is 0.171. The molecule has 1 amide bonds. The predicted molar refractivity (Wildman–Crippen MR) is 138 cm³/mol. The van der Waals surface area contributed by atoms with Crippen molar-refractivity contribution in [3.05, 3.63) is 111 Å². The number of halogens is 1. The number of nitro groups is 1. The summed E-state index contributed by atoms with van der Waals surface area (Å²) >= 11 is 3.35. The van der Waals surface area contributed by atoms with Gasteiger partial charge in [0, 0.05) is 33.9 Å². The van der Waals surface area contributed by atoms with Gasteiger partial charge in [-0.3, -0.25) is 14.9 Å². The van der Waals surface area contributed by atoms with Crippen molar-refractivity contribution in [2.75, 3.05) is 5.32 Å². The van der Waals surface area contributed by atoms with Crippen molar-refractivity contribution < 1.29 is 14.5 Å². The van der Waals surface area contributed by atoms with Gasteiger partial charge in [-0.1, -0.05) is 46.3 Å². The number of benzene rings is 3. The number of rotatable bonds is 6. The molecule has 178 valence electrons. The normalized spacial score (nSPS) is 10.8. The van der Waals surface area contributed by atoms with Crippen LogP contribution in [-0.4, -0.2) is 25.4 Å². The van der Waals surface area contributed by atoms with Crippen LogP contribution in [0.15, 0.2) is 89.4 Å². The van der Waals surface area contributed by atoms with Crippen LogP contribution in [0.3, 0.4) is 0 Å². The van der Waals surface area contributed by atoms with Crippen LogP contribution in [0, 0.1) is 17.0 Å². The fourth-order valence-corrected chi connectivity index (χ4v) is 3.91. The lowest BCUT2D eigenvalue weighted by atomic mass is 10.1. The number of nitrogens with one attached hydrogen (secondary N) is 1. The Kier molecular flexibility index (Phi) is 6.17. The predicted octanol–water partition coefficient (Wildman–Crippen LogP) is 6.42. The minimum Gasteiger partial charge on any atom is -0.457 e. The summed E-state index contributed by atoms with van der Waals surface area (Å²) < 4.78 is 8.22. The molecule has 3 aromatic carbocycles. The van der Waals surface area contributed by atoms with E-state index in [-0.39, 0.29) is 22.8 Å². The Labute approximate surface area is 213 Å². The summed E-state index contributed by atoms with van der Waals surface area (Å²) in [6.07, 6.45) is 0. The molecule has 0 bridgehead atoms. The van der Waals surface area contributed by atoms with Gasteiger partial charge < -0.3 is 10.1 Å². The van der Waals surface area contributed by atoms with E-state index in [1.807, 2.05) is 43.3 Å². The molecule has 0 aliphatic heterocycles. The first-order valence-electron chi connectivity index (χ1n) is 10.8. The van der Waals surface area contributed by atoms with Crippen molar-refractivity contribution in [1.29, 1.82) is 0 Å². The SMILES string of the molecule is Cc1cc(-c2ccccc2)nc2cc(C(=O)Nc3cc(Oc4ccc(Br)cc4)cc([N+](=O)[O-])c3)nn12. The van der Waals surface area contributed by atoms with Crippen molar-refractivity contribution >= 4 is 38.9 Å². The highest BCUT2D eigenvalue weighted by Gasteiger charge is 2.17. The third-order valence-corrected chi connectivity index (χ3v) is 5.85. The van der Waals surface area contributed by atoms with Crippen molar-refractivity contribution in [1.82, 2.24) is 14.6 Å². The number of nitro benzene ring substituents is 1. The summed E-state index contributed by atoms with van der Waals surface area (Å²) in [4.78, 5) is 28.6. The number of carbonyl (C=O) groups excluding carboxylic acids is 1. The topological polar surface area (TPSA) is 112 Å². The van der Waals surface area contributed by atoms with Crippen LogP contribution < -0.4 is 10.1 Å². The molecule has 0 aliphatic carbocycles. The molecule has 5 aromatic rings. The quantitative estimate of drug-likeness (QED) is 0.195. The fourth-order valence-electron chi connectivity index (χ4n) is 3.65. The number of aromatic nitrogens is 3. The van der Waals surface area contributed by atoms with E-state index in [0.29, 0.717) is 11.4 Å². The number of nitrogens with zero attached hydrogens (tertiary/aromatic N) is 4. The highest BCUT2D eigenvalue weighted by Crippen LogP contribution is 2.30. The van der Waals surface area contributed by atoms with E-state index in [9.17, 15) is 14.9 Å². The number of hydrogen-bond donors (Lipinski definition) is 1. The lowest BCUT2D eigenvalue weighted by Gasteiger charge is -2.09. The second kappa shape index (κ2) is 9.59. The molecule has 0 spiro atoms. The molecule has 0 atom stereocenters. The zero-order chi connectivity index (χ0) is 25.2. The summed E-state index contributed by atoms with van der Waals surface area (Å²) in [6.45, 7) is 1.88. The van der Waals surface area contributed by atoms with Crippen LogP contribution in [0.5, 0.6) is 11.5 Å². The summed E-state index contributed by atoms with van der Waals surface area (Å²) in [7, 11) is 0. The highest BCUT2D eigenvalue weighted by molar-refractivity contribution is 9.10. The molecule has 2 aromatic heterocycles. The Balaban J connectivity index is 1.43. The number of fused-ring (bicyclic) bond motifs is 1. The summed E-state index contributed by atoms with van der Waals surface area (Å²) in [6, 6.07) is 24.3. The maximum atomic E-state index is 13.0. The monoisotopic (exact) mass is 543 g/mol. The van der Waals surface area contributed by atoms with Gasteiger partial charge in [-0.2, -0.15) is 5.10 Å². The maximum absolute atomic E-state index is 13.0. The first-order valence-corrected chi connectivity index (χ1v) is 11.6. The molecule has 10 heteroatoms. The third kappa shape index (κ3) is 4.93. The molecule has 36 heavy (non-hydrogen) atoms. The lowest BCUT2D eigenvalue weighted by molar-refractivity contribution is -0.384. The van der Waals surface area contributed by atoms with Gasteiger partial charge in [-0.15, -0.1) is 0 Å². The molecular weight excluding hydrogens is 526 g/mol. The largest absolute Gasteiger partial charge is 0.457 e. The zero-order valence-corrected chi connectivity index (χ0v) is 20.5. The van der Waals surface area contributed by atoms with Gasteiger partial charge >= 0.3 is 0 Å². The fraction of sp³-hybridized carbons (Fsp3) is 0.0385. The minimum atomic E-state index is -0.548. The Morgan fingerprint density at radius 3 is 2.47 bits per heavy atom. The molecule has 0 radical (unpaired) electrons. The molecule has 0 aliphatic rings. The Morgan fingerprint density at radius 2 is 1.75 bits per heavy atom. The molecule has 0 saturated heterocycles. The van der Waals surface area contributed by atoms with E-state index in [2.05, 4.69) is 31.3 Å². The molecule has 0 fully saturated rings. The number of aryl methyl sites for hydroxylation is 1. The van der Waals surface area contributed by atoms with Gasteiger partial charge in [-0.05, 0) is 37.3 Å². The van der Waals surface area contributed by atoms with Crippen LogP contribution >= 0.6 is 15.9 Å². The molecule has 0 unspecified atom stereocenters. The minimum absolute atomic E-state index is 0.123. The van der Waals surface area contributed by atoms with Crippen LogP contribution in [-0.2, 0) is 0 Å². The number of non-ortho nitro benzene ring substituents is 1. The van der Waals surface area contributed by atoms with Gasteiger partial charge in [0.2, 0.25) is 0 Å². The molecule has 2 heterocycles. The van der Waals surface area contributed by atoms with Crippen LogP contribution in [0.1, 0.15) is 16.2 Å². The zero-order valence-electron chi connectivity index (χ0n) is 18.9. The second-order valence-corrected chi connectivity index (χ2v) is 8.85. The van der Waals surface area contributed by atoms with Crippen molar-refractivity contribution in [2.45, 2.75) is 6.92 Å². The third-order valence-electron chi connectivity index (χ3n) is 5.32. The smallest absolute Gasteiger partial charge is 0.276 e. The maximum Gasteiger partial charge on any atom is 0.276 e. The van der Waals surface area contributed by atoms with E-state index >= 15 is 0 Å². The van der Waals surface area contributed by atoms with E-state index in [1.165, 1.54) is 18.2 Å². The molecular formula is C26H18BrN5O4. The van der Waals surface area contributed by atoms with Gasteiger partial charge in [0.15, 0.2) is 11.3 Å². The van der Waals surface area contributed by atoms with E-state index < -0.39 is 10.8 Å². The average Bonchev–Trinajstić information content (AvgIpc) is 3.31. The molecule has 5 rings (SSSR count). The molecule has 1 N–H and O–H groups in total. The summed E-state index contributed by atoms with van der Waals surface area (Å²) in [5, 5.41) is 18.5. The Morgan fingerprint density at radius 1 is 1.00 bits per heavy atom. The first-order chi connectivity index (χ1) is 17.4. The van der Waals surface area contributed by atoms with Gasteiger partial charge in [0.1, 0.15) is 11.5 Å². The number of amides is 1. The first kappa shape index (κ1) is 23.2. The molecule has 0 saturated carbocycles. The van der Waals surface area contributed by atoms with Gasteiger partial charge in [0.25, 0.3) is 11.6 Å². The Bertz CT molecular complexity index is 1600. The number of anilines is 1. The van der Waals surface area contributed by atoms with Crippen LogP contribution in [0.4, 0.5) is 11.4 Å². The van der Waals surface area contributed by atoms with Crippen molar-refractivity contribution in [3.63, 3.8) is 0 Å². The number of hydrogen-bond acceptors (Lipinski definition) is 6. The summed E-state index contributed by atoms with van der Waals surface area (Å²) in [5.41, 5.74) is 3.13. The van der Waals surface area contributed by atoms with Crippen LogP contribution in [0.2, 0.25) is 0 Å². The number of carbonyl (C=O) groups is 1. The molecule has 9 nitrogen and oxygen atoms in total. The van der Waals surface area contributed by atoms with Gasteiger partial charge in [0.05, 0.1) is 22.4 Å². The highest BCUT2D eigenvalue weighted by atomic mass is 79.9. The number of ether oxygens (including phenoxy) is 1. The second-order valence-electron chi connectivity index (χ2n) is 7.93. The van der Waals surface area contributed by atoms with E-state index in [0.717, 1.165) is 21.4 Å². The lowest BCUT2D eigenvalue weighted by Crippen LogP contribution is -2.13. The van der Waals surface area contributed by atoms with E-state index in [4.69, 9.17) is 4.74 Å². The average molecular weight is 544 g/mol. The van der Waals surface area contributed by atoms with Crippen molar-refractivity contribution in [3.8, 4) is 22.8 Å². The standard InChI is InChI=1S/C26H18BrN5O4/c1-16-11-23(17-5-3-2-4-6-17)29-25-15-24(30-31(16)25)26(33)28-19-12-20(32(34)35)14-22(13-19)36-21-9-7-18(27)8-10-21/h2-15H,1H3,(H,28,33).